The molecule has 0 N–H and O–H groups in total. The molecule has 1 aliphatic heterocycles. The van der Waals surface area contributed by atoms with Crippen molar-refractivity contribution < 1.29 is 13.9 Å². The number of carbonyl (C=O) groups is 1. The number of hydrogen-bond donors (Lipinski definition) is 0. The van der Waals surface area contributed by atoms with Gasteiger partial charge in [0, 0.05) is 10.6 Å². The molecular weight excluding hydrogens is 328 g/mol. The van der Waals surface area contributed by atoms with Crippen molar-refractivity contribution in [2.75, 3.05) is 13.2 Å². The largest absolute Gasteiger partial charge is 0.441 e. The number of aryl methyl sites for hydroxylation is 1. The number of ether oxygens (including phenoxy) is 1. The lowest BCUT2D eigenvalue weighted by molar-refractivity contribution is -0.143. The number of benzene rings is 1. The Bertz CT molecular complexity index is 734. The maximum absolute atomic E-state index is 12.7. The Hall–Kier alpha value is -1.85. The van der Waals surface area contributed by atoms with Crippen LogP contribution in [0.15, 0.2) is 28.7 Å². The SMILES string of the molecule is Cc1oc(-c2cccc(Cl)c2)nc1CC(=O)N1C(C)COCC1C. The average molecular weight is 349 g/mol. The van der Waals surface area contributed by atoms with Crippen molar-refractivity contribution in [3.05, 3.63) is 40.7 Å². The fourth-order valence-corrected chi connectivity index (χ4v) is 3.26. The van der Waals surface area contributed by atoms with Crippen LogP contribution in [0.4, 0.5) is 0 Å². The van der Waals surface area contributed by atoms with Crippen molar-refractivity contribution >= 4 is 17.5 Å². The van der Waals surface area contributed by atoms with E-state index in [1.165, 1.54) is 0 Å². The summed E-state index contributed by atoms with van der Waals surface area (Å²) >= 11 is 6.02. The molecular formula is C18H21ClN2O3. The highest BCUT2D eigenvalue weighted by Crippen LogP contribution is 2.25. The van der Waals surface area contributed by atoms with Gasteiger partial charge in [0.15, 0.2) is 0 Å². The summed E-state index contributed by atoms with van der Waals surface area (Å²) in [7, 11) is 0. The third-order valence-electron chi connectivity index (χ3n) is 4.24. The molecule has 5 nitrogen and oxygen atoms in total. The first-order valence-electron chi connectivity index (χ1n) is 8.07. The maximum Gasteiger partial charge on any atom is 0.229 e. The lowest BCUT2D eigenvalue weighted by Crippen LogP contribution is -2.53. The van der Waals surface area contributed by atoms with Gasteiger partial charge in [-0.3, -0.25) is 4.79 Å². The van der Waals surface area contributed by atoms with E-state index in [1.807, 2.05) is 37.8 Å². The second kappa shape index (κ2) is 6.95. The Kier molecular flexibility index (Phi) is 4.92. The van der Waals surface area contributed by atoms with Gasteiger partial charge in [-0.05, 0) is 39.0 Å². The summed E-state index contributed by atoms with van der Waals surface area (Å²) in [4.78, 5) is 19.1. The molecule has 24 heavy (non-hydrogen) atoms. The Morgan fingerprint density at radius 1 is 1.33 bits per heavy atom. The second-order valence-electron chi connectivity index (χ2n) is 6.25. The van der Waals surface area contributed by atoms with Crippen LogP contribution in [0.3, 0.4) is 0 Å². The molecule has 6 heteroatoms. The standard InChI is InChI=1S/C18H21ClN2O3/c1-11-9-23-10-12(2)21(11)17(22)8-16-13(3)24-18(20-16)14-5-4-6-15(19)7-14/h4-7,11-12H,8-10H2,1-3H3. The fourth-order valence-electron chi connectivity index (χ4n) is 3.07. The molecule has 3 rings (SSSR count). The molecule has 2 unspecified atom stereocenters. The topological polar surface area (TPSA) is 55.6 Å². The third kappa shape index (κ3) is 3.47. The Labute approximate surface area is 146 Å². The molecule has 1 aromatic heterocycles. The van der Waals surface area contributed by atoms with E-state index in [-0.39, 0.29) is 24.4 Å². The number of morpholine rings is 1. The third-order valence-corrected chi connectivity index (χ3v) is 4.47. The molecule has 1 aromatic carbocycles. The van der Waals surface area contributed by atoms with Crippen LogP contribution in [0.2, 0.25) is 5.02 Å². The van der Waals surface area contributed by atoms with Gasteiger partial charge in [-0.2, -0.15) is 0 Å². The number of carbonyl (C=O) groups excluding carboxylic acids is 1. The first-order valence-corrected chi connectivity index (χ1v) is 8.44. The van der Waals surface area contributed by atoms with Crippen LogP contribution in [0.25, 0.3) is 11.5 Å². The molecule has 0 bridgehead atoms. The van der Waals surface area contributed by atoms with Gasteiger partial charge in [-0.1, -0.05) is 17.7 Å². The van der Waals surface area contributed by atoms with E-state index >= 15 is 0 Å². The zero-order valence-electron chi connectivity index (χ0n) is 14.1. The zero-order chi connectivity index (χ0) is 17.3. The second-order valence-corrected chi connectivity index (χ2v) is 6.68. The number of halogens is 1. The van der Waals surface area contributed by atoms with E-state index in [0.717, 1.165) is 5.56 Å². The summed E-state index contributed by atoms with van der Waals surface area (Å²) in [6, 6.07) is 7.46. The van der Waals surface area contributed by atoms with Crippen molar-refractivity contribution in [3.63, 3.8) is 0 Å². The number of oxazole rings is 1. The highest BCUT2D eigenvalue weighted by atomic mass is 35.5. The molecule has 1 aliphatic rings. The van der Waals surface area contributed by atoms with Gasteiger partial charge in [-0.25, -0.2) is 4.98 Å². The van der Waals surface area contributed by atoms with Gasteiger partial charge in [0.2, 0.25) is 11.8 Å². The highest BCUT2D eigenvalue weighted by Gasteiger charge is 2.30. The van der Waals surface area contributed by atoms with Crippen molar-refractivity contribution in [2.24, 2.45) is 0 Å². The average Bonchev–Trinajstić information content (AvgIpc) is 2.88. The van der Waals surface area contributed by atoms with E-state index in [1.54, 1.807) is 12.1 Å². The van der Waals surface area contributed by atoms with E-state index in [2.05, 4.69) is 4.98 Å². The number of aromatic nitrogens is 1. The molecule has 2 aromatic rings. The van der Waals surface area contributed by atoms with Gasteiger partial charge >= 0.3 is 0 Å². The first-order chi connectivity index (χ1) is 11.5. The van der Waals surface area contributed by atoms with Crippen molar-refractivity contribution in [3.8, 4) is 11.5 Å². The van der Waals surface area contributed by atoms with E-state index in [4.69, 9.17) is 20.8 Å². The van der Waals surface area contributed by atoms with Crippen LogP contribution in [0.5, 0.6) is 0 Å². The van der Waals surface area contributed by atoms with Crippen LogP contribution in [-0.4, -0.2) is 41.1 Å². The minimum atomic E-state index is 0.0485. The monoisotopic (exact) mass is 348 g/mol. The lowest BCUT2D eigenvalue weighted by atomic mass is 10.1. The van der Waals surface area contributed by atoms with Crippen molar-refractivity contribution in [2.45, 2.75) is 39.3 Å². The molecule has 0 radical (unpaired) electrons. The summed E-state index contributed by atoms with van der Waals surface area (Å²) < 4.78 is 11.2. The summed E-state index contributed by atoms with van der Waals surface area (Å²) in [6.07, 6.45) is 0.227. The number of rotatable bonds is 3. The van der Waals surface area contributed by atoms with Crippen LogP contribution < -0.4 is 0 Å². The predicted octanol–water partition coefficient (Wildman–Crippen LogP) is 3.48. The summed E-state index contributed by atoms with van der Waals surface area (Å²) in [5, 5.41) is 0.622. The molecule has 0 saturated carbocycles. The van der Waals surface area contributed by atoms with Crippen LogP contribution in [0.1, 0.15) is 25.3 Å². The van der Waals surface area contributed by atoms with Crippen molar-refractivity contribution in [1.29, 1.82) is 0 Å². The zero-order valence-corrected chi connectivity index (χ0v) is 14.8. The van der Waals surface area contributed by atoms with Gasteiger partial charge in [0.25, 0.3) is 0 Å². The van der Waals surface area contributed by atoms with Gasteiger partial charge in [-0.15, -0.1) is 0 Å². The Morgan fingerprint density at radius 2 is 2.04 bits per heavy atom. The lowest BCUT2D eigenvalue weighted by Gasteiger charge is -2.38. The van der Waals surface area contributed by atoms with E-state index in [0.29, 0.717) is 35.6 Å². The molecule has 128 valence electrons. The van der Waals surface area contributed by atoms with Crippen LogP contribution in [-0.2, 0) is 16.0 Å². The van der Waals surface area contributed by atoms with E-state index in [9.17, 15) is 4.79 Å². The summed E-state index contributed by atoms with van der Waals surface area (Å²) in [5.74, 6) is 1.19. The predicted molar refractivity (Wildman–Crippen MR) is 92.0 cm³/mol. The fraction of sp³-hybridized carbons (Fsp3) is 0.444. The van der Waals surface area contributed by atoms with Crippen LogP contribution in [0, 0.1) is 6.92 Å². The smallest absolute Gasteiger partial charge is 0.229 e. The van der Waals surface area contributed by atoms with Crippen LogP contribution >= 0.6 is 11.6 Å². The molecule has 0 spiro atoms. The first kappa shape index (κ1) is 17.0. The van der Waals surface area contributed by atoms with Gasteiger partial charge in [0.1, 0.15) is 5.76 Å². The number of hydrogen-bond acceptors (Lipinski definition) is 4. The number of nitrogens with zero attached hydrogens (tertiary/aromatic N) is 2. The molecule has 2 heterocycles. The quantitative estimate of drug-likeness (QED) is 0.852. The minimum Gasteiger partial charge on any atom is -0.441 e. The highest BCUT2D eigenvalue weighted by molar-refractivity contribution is 6.30. The van der Waals surface area contributed by atoms with Gasteiger partial charge < -0.3 is 14.1 Å². The molecule has 1 fully saturated rings. The summed E-state index contributed by atoms with van der Waals surface area (Å²) in [5.41, 5.74) is 1.47. The van der Waals surface area contributed by atoms with Crippen molar-refractivity contribution in [1.82, 2.24) is 9.88 Å². The molecule has 1 saturated heterocycles. The Morgan fingerprint density at radius 3 is 2.71 bits per heavy atom. The maximum atomic E-state index is 12.7. The number of amides is 1. The molecule has 0 aliphatic carbocycles. The minimum absolute atomic E-state index is 0.0485. The Balaban J connectivity index is 1.79. The molecule has 1 amide bonds. The normalized spacial score (nSPS) is 21.1. The summed E-state index contributed by atoms with van der Waals surface area (Å²) in [6.45, 7) is 6.97. The van der Waals surface area contributed by atoms with E-state index < -0.39 is 0 Å². The van der Waals surface area contributed by atoms with Gasteiger partial charge in [0.05, 0.1) is 37.4 Å². The molecule has 2 atom stereocenters.